The number of halogens is 4. The molecule has 2 aromatic heterocycles. The summed E-state index contributed by atoms with van der Waals surface area (Å²) >= 11 is 12.2. The molecule has 5 nitrogen and oxygen atoms in total. The summed E-state index contributed by atoms with van der Waals surface area (Å²) in [6.07, 6.45) is 0. The highest BCUT2D eigenvalue weighted by molar-refractivity contribution is 6.35. The molecular formula is C20H12Cl2F2N4O. The van der Waals surface area contributed by atoms with Gasteiger partial charge in [0.15, 0.2) is 5.69 Å². The van der Waals surface area contributed by atoms with E-state index in [4.69, 9.17) is 23.2 Å². The van der Waals surface area contributed by atoms with E-state index in [2.05, 4.69) is 15.4 Å². The molecule has 0 saturated carbocycles. The Bertz CT molecular complexity index is 1220. The number of fused-ring (bicyclic) bond motifs is 1. The highest BCUT2D eigenvalue weighted by atomic mass is 35.5. The highest BCUT2D eigenvalue weighted by Gasteiger charge is 2.18. The summed E-state index contributed by atoms with van der Waals surface area (Å²) in [5, 5.41) is 8.43. The molecule has 0 unspecified atom stereocenters. The Labute approximate surface area is 173 Å². The predicted molar refractivity (Wildman–Crippen MR) is 107 cm³/mol. The Kier molecular flexibility index (Phi) is 5.17. The van der Waals surface area contributed by atoms with Crippen LogP contribution >= 0.6 is 23.2 Å². The minimum absolute atomic E-state index is 0.0561. The molecule has 0 bridgehead atoms. The Balaban J connectivity index is 1.71. The van der Waals surface area contributed by atoms with Crippen molar-refractivity contribution < 1.29 is 13.6 Å². The summed E-state index contributed by atoms with van der Waals surface area (Å²) in [6.45, 7) is 0.308. The van der Waals surface area contributed by atoms with E-state index >= 15 is 0 Å². The first kappa shape index (κ1) is 19.3. The zero-order valence-corrected chi connectivity index (χ0v) is 16.2. The molecule has 4 aromatic rings. The van der Waals surface area contributed by atoms with Crippen LogP contribution in [0.4, 0.5) is 14.5 Å². The molecule has 0 spiro atoms. The number of para-hydroxylation sites is 1. The molecule has 1 amide bonds. The molecule has 0 radical (unpaired) electrons. The van der Waals surface area contributed by atoms with Crippen molar-refractivity contribution in [3.05, 3.63) is 87.8 Å². The van der Waals surface area contributed by atoms with Crippen LogP contribution in [0.25, 0.3) is 10.9 Å². The number of hydrogen-bond donors (Lipinski definition) is 1. The first-order valence-corrected chi connectivity index (χ1v) is 9.20. The smallest absolute Gasteiger partial charge is 0.276 e. The van der Waals surface area contributed by atoms with Crippen molar-refractivity contribution in [3.63, 3.8) is 0 Å². The fourth-order valence-electron chi connectivity index (χ4n) is 2.95. The van der Waals surface area contributed by atoms with E-state index in [1.807, 2.05) is 12.1 Å². The maximum absolute atomic E-state index is 13.3. The third-order valence-electron chi connectivity index (χ3n) is 4.23. The summed E-state index contributed by atoms with van der Waals surface area (Å²) in [4.78, 5) is 15.7. The van der Waals surface area contributed by atoms with E-state index < -0.39 is 17.8 Å². The van der Waals surface area contributed by atoms with Crippen LogP contribution in [0.15, 0.2) is 54.6 Å². The molecule has 4 rings (SSSR count). The molecule has 0 aliphatic heterocycles. The quantitative estimate of drug-likeness (QED) is 0.444. The van der Waals surface area contributed by atoms with E-state index in [-0.39, 0.29) is 11.4 Å². The van der Waals surface area contributed by atoms with Crippen molar-refractivity contribution in [2.75, 3.05) is 5.32 Å². The van der Waals surface area contributed by atoms with Gasteiger partial charge in [-0.3, -0.25) is 9.48 Å². The Hall–Kier alpha value is -3.03. The number of rotatable bonds is 4. The van der Waals surface area contributed by atoms with Gasteiger partial charge < -0.3 is 5.32 Å². The average molecular weight is 433 g/mol. The number of benzene rings is 2. The normalized spacial score (nSPS) is 11.0. The van der Waals surface area contributed by atoms with Crippen LogP contribution < -0.4 is 5.32 Å². The SMILES string of the molecule is O=C(Nc1cc(F)nc(F)c1)c1nn(Cc2ccc(Cl)cc2Cl)c2ccccc12. The molecule has 0 atom stereocenters. The lowest BCUT2D eigenvalue weighted by Gasteiger charge is -2.06. The zero-order chi connectivity index (χ0) is 20.5. The molecule has 0 aliphatic carbocycles. The average Bonchev–Trinajstić information content (AvgIpc) is 3.02. The summed E-state index contributed by atoms with van der Waals surface area (Å²) < 4.78 is 28.2. The van der Waals surface area contributed by atoms with E-state index in [9.17, 15) is 13.6 Å². The molecule has 0 saturated heterocycles. The summed E-state index contributed by atoms with van der Waals surface area (Å²) in [7, 11) is 0. The molecule has 1 N–H and O–H groups in total. The molecule has 2 heterocycles. The van der Waals surface area contributed by atoms with Gasteiger partial charge in [0.1, 0.15) is 0 Å². The minimum atomic E-state index is -1.03. The highest BCUT2D eigenvalue weighted by Crippen LogP contribution is 2.25. The van der Waals surface area contributed by atoms with Gasteiger partial charge in [-0.1, -0.05) is 47.5 Å². The number of anilines is 1. The van der Waals surface area contributed by atoms with Crippen LogP contribution in [-0.2, 0) is 6.54 Å². The number of amides is 1. The van der Waals surface area contributed by atoms with Crippen molar-refractivity contribution in [1.29, 1.82) is 0 Å². The van der Waals surface area contributed by atoms with Crippen LogP contribution in [-0.4, -0.2) is 20.7 Å². The van der Waals surface area contributed by atoms with Gasteiger partial charge >= 0.3 is 0 Å². The van der Waals surface area contributed by atoms with Crippen molar-refractivity contribution in [2.24, 2.45) is 0 Å². The molecule has 9 heteroatoms. The van der Waals surface area contributed by atoms with Crippen molar-refractivity contribution >= 4 is 45.7 Å². The third-order valence-corrected chi connectivity index (χ3v) is 4.82. The number of aromatic nitrogens is 3. The Morgan fingerprint density at radius 1 is 1.03 bits per heavy atom. The van der Waals surface area contributed by atoms with Gasteiger partial charge in [0.2, 0.25) is 11.9 Å². The topological polar surface area (TPSA) is 59.8 Å². The zero-order valence-electron chi connectivity index (χ0n) is 14.7. The predicted octanol–water partition coefficient (Wildman–Crippen LogP) is 5.32. The van der Waals surface area contributed by atoms with Crippen LogP contribution in [0, 0.1) is 11.9 Å². The molecular weight excluding hydrogens is 421 g/mol. The lowest BCUT2D eigenvalue weighted by molar-refractivity contribution is 0.102. The number of nitrogens with one attached hydrogen (secondary N) is 1. The summed E-state index contributed by atoms with van der Waals surface area (Å²) in [6, 6.07) is 14.1. The van der Waals surface area contributed by atoms with Crippen LogP contribution in [0.1, 0.15) is 16.1 Å². The molecule has 146 valence electrons. The maximum atomic E-state index is 13.3. The lowest BCUT2D eigenvalue weighted by atomic mass is 10.2. The second-order valence-electron chi connectivity index (χ2n) is 6.21. The first-order valence-electron chi connectivity index (χ1n) is 8.44. The van der Waals surface area contributed by atoms with Gasteiger partial charge in [-0.15, -0.1) is 0 Å². The fourth-order valence-corrected chi connectivity index (χ4v) is 3.42. The van der Waals surface area contributed by atoms with Gasteiger partial charge in [-0.25, -0.2) is 0 Å². The number of pyridine rings is 1. The number of nitrogens with zero attached hydrogens (tertiary/aromatic N) is 3. The Morgan fingerprint density at radius 3 is 2.48 bits per heavy atom. The Morgan fingerprint density at radius 2 is 1.76 bits per heavy atom. The van der Waals surface area contributed by atoms with Gasteiger partial charge in [-0.05, 0) is 23.8 Å². The summed E-state index contributed by atoms with van der Waals surface area (Å²) in [5.74, 6) is -2.67. The van der Waals surface area contributed by atoms with Crippen molar-refractivity contribution in [1.82, 2.24) is 14.8 Å². The number of hydrogen-bond acceptors (Lipinski definition) is 3. The molecule has 29 heavy (non-hydrogen) atoms. The third kappa shape index (κ3) is 4.06. The van der Waals surface area contributed by atoms with E-state index in [1.165, 1.54) is 0 Å². The fraction of sp³-hybridized carbons (Fsp3) is 0.0500. The van der Waals surface area contributed by atoms with Gasteiger partial charge in [0.25, 0.3) is 5.91 Å². The number of carbonyl (C=O) groups is 1. The molecule has 2 aromatic carbocycles. The van der Waals surface area contributed by atoms with Crippen molar-refractivity contribution in [2.45, 2.75) is 6.54 Å². The molecule has 0 aliphatic rings. The monoisotopic (exact) mass is 432 g/mol. The lowest BCUT2D eigenvalue weighted by Crippen LogP contribution is -2.14. The molecule has 0 fully saturated rings. The van der Waals surface area contributed by atoms with Gasteiger partial charge in [0, 0.05) is 27.6 Å². The minimum Gasteiger partial charge on any atom is -0.320 e. The maximum Gasteiger partial charge on any atom is 0.276 e. The van der Waals surface area contributed by atoms with Crippen LogP contribution in [0.2, 0.25) is 10.0 Å². The van der Waals surface area contributed by atoms with E-state index in [0.29, 0.717) is 27.5 Å². The summed E-state index contributed by atoms with van der Waals surface area (Å²) in [5.41, 5.74) is 1.54. The largest absolute Gasteiger partial charge is 0.320 e. The van der Waals surface area contributed by atoms with Crippen LogP contribution in [0.5, 0.6) is 0 Å². The number of carbonyl (C=O) groups excluding carboxylic acids is 1. The van der Waals surface area contributed by atoms with Gasteiger partial charge in [0.05, 0.1) is 17.7 Å². The first-order chi connectivity index (χ1) is 13.9. The second-order valence-corrected chi connectivity index (χ2v) is 7.06. The second kappa shape index (κ2) is 7.77. The van der Waals surface area contributed by atoms with Gasteiger partial charge in [-0.2, -0.15) is 18.9 Å². The van der Waals surface area contributed by atoms with Crippen LogP contribution in [0.3, 0.4) is 0 Å². The standard InChI is InChI=1S/C20H12Cl2F2N4O/c21-12-6-5-11(15(22)7-12)10-28-16-4-2-1-3-14(16)19(27-28)20(29)25-13-8-17(23)26-18(24)9-13/h1-9H,10H2,(H,25,26,29). The van der Waals surface area contributed by atoms with E-state index in [1.54, 1.807) is 35.0 Å². The van der Waals surface area contributed by atoms with Crippen molar-refractivity contribution in [3.8, 4) is 0 Å². The van der Waals surface area contributed by atoms with E-state index in [0.717, 1.165) is 17.7 Å².